The number of carbonyl (C=O) groups excluding carboxylic acids is 2. The largest absolute Gasteiger partial charge is 0.339 e. The lowest BCUT2D eigenvalue weighted by atomic mass is 9.77. The van der Waals surface area contributed by atoms with Gasteiger partial charge in [0.2, 0.25) is 5.91 Å². The van der Waals surface area contributed by atoms with Crippen LogP contribution in [0.2, 0.25) is 0 Å². The van der Waals surface area contributed by atoms with Crippen molar-refractivity contribution in [3.05, 3.63) is 0 Å². The standard InChI is InChI=1S/C12H19NO2/c1-2-7-13-11-5-4-10(14)8-9(11)3-6-12(13)15/h9,11H,2-8H2,1H3/t9-,11-/m1/s1. The molecule has 1 amide bonds. The lowest BCUT2D eigenvalue weighted by molar-refractivity contribution is -0.143. The summed E-state index contributed by atoms with van der Waals surface area (Å²) in [4.78, 5) is 25.2. The second-order valence-corrected chi connectivity index (χ2v) is 4.73. The van der Waals surface area contributed by atoms with E-state index >= 15 is 0 Å². The molecule has 0 aromatic carbocycles. The minimum absolute atomic E-state index is 0.299. The predicted molar refractivity (Wildman–Crippen MR) is 57.4 cm³/mol. The molecule has 84 valence electrons. The quantitative estimate of drug-likeness (QED) is 0.695. The first-order valence-corrected chi connectivity index (χ1v) is 6.03. The fraction of sp³-hybridized carbons (Fsp3) is 0.833. The van der Waals surface area contributed by atoms with Gasteiger partial charge < -0.3 is 4.90 Å². The van der Waals surface area contributed by atoms with Gasteiger partial charge in [-0.3, -0.25) is 9.59 Å². The first kappa shape index (κ1) is 10.7. The van der Waals surface area contributed by atoms with Gasteiger partial charge in [0.05, 0.1) is 0 Å². The fourth-order valence-electron chi connectivity index (χ4n) is 2.95. The van der Waals surface area contributed by atoms with Gasteiger partial charge >= 0.3 is 0 Å². The number of nitrogens with zero attached hydrogens (tertiary/aromatic N) is 1. The van der Waals surface area contributed by atoms with Crippen LogP contribution in [-0.2, 0) is 9.59 Å². The van der Waals surface area contributed by atoms with E-state index in [-0.39, 0.29) is 0 Å². The fourth-order valence-corrected chi connectivity index (χ4v) is 2.95. The maximum atomic E-state index is 11.8. The molecule has 1 aliphatic carbocycles. The number of Topliss-reactive ketones (excluding diaryl/α,β-unsaturated/α-hetero) is 1. The Labute approximate surface area is 90.8 Å². The highest BCUT2D eigenvalue weighted by molar-refractivity contribution is 5.82. The van der Waals surface area contributed by atoms with E-state index in [2.05, 4.69) is 6.92 Å². The minimum Gasteiger partial charge on any atom is -0.339 e. The van der Waals surface area contributed by atoms with E-state index in [9.17, 15) is 9.59 Å². The minimum atomic E-state index is 0.299. The van der Waals surface area contributed by atoms with E-state index < -0.39 is 0 Å². The summed E-state index contributed by atoms with van der Waals surface area (Å²) >= 11 is 0. The summed E-state index contributed by atoms with van der Waals surface area (Å²) in [6, 6.07) is 0.365. The van der Waals surface area contributed by atoms with E-state index in [0.717, 1.165) is 25.8 Å². The first-order valence-electron chi connectivity index (χ1n) is 6.03. The Morgan fingerprint density at radius 1 is 1.27 bits per heavy atom. The Bertz CT molecular complexity index is 275. The Morgan fingerprint density at radius 2 is 2.07 bits per heavy atom. The molecule has 1 saturated carbocycles. The third-order valence-corrected chi connectivity index (χ3v) is 3.67. The van der Waals surface area contributed by atoms with Crippen molar-refractivity contribution >= 4 is 11.7 Å². The third-order valence-electron chi connectivity index (χ3n) is 3.67. The predicted octanol–water partition coefficient (Wildman–Crippen LogP) is 1.76. The number of carbonyl (C=O) groups is 2. The zero-order valence-electron chi connectivity index (χ0n) is 9.37. The highest BCUT2D eigenvalue weighted by atomic mass is 16.2. The number of hydrogen-bond acceptors (Lipinski definition) is 2. The van der Waals surface area contributed by atoms with Crippen molar-refractivity contribution in [2.45, 2.75) is 51.5 Å². The average Bonchev–Trinajstić information content (AvgIpc) is 2.22. The molecule has 2 atom stereocenters. The van der Waals surface area contributed by atoms with Crippen LogP contribution >= 0.6 is 0 Å². The van der Waals surface area contributed by atoms with E-state index in [0.29, 0.717) is 42.9 Å². The van der Waals surface area contributed by atoms with Crippen LogP contribution < -0.4 is 0 Å². The number of likely N-dealkylation sites (tertiary alicyclic amines) is 1. The summed E-state index contributed by atoms with van der Waals surface area (Å²) in [6.07, 6.45) is 4.87. The molecule has 0 aromatic heterocycles. The molecule has 1 saturated heterocycles. The van der Waals surface area contributed by atoms with Crippen molar-refractivity contribution in [1.82, 2.24) is 4.90 Å². The van der Waals surface area contributed by atoms with Crippen LogP contribution in [0, 0.1) is 5.92 Å². The molecule has 0 radical (unpaired) electrons. The van der Waals surface area contributed by atoms with Gasteiger partial charge in [0.1, 0.15) is 5.78 Å². The normalized spacial score (nSPS) is 31.7. The Hall–Kier alpha value is -0.860. The molecular formula is C12H19NO2. The van der Waals surface area contributed by atoms with Crippen LogP contribution in [0.25, 0.3) is 0 Å². The highest BCUT2D eigenvalue weighted by Crippen LogP contribution is 2.34. The van der Waals surface area contributed by atoms with Crippen LogP contribution in [0.15, 0.2) is 0 Å². The van der Waals surface area contributed by atoms with E-state index in [4.69, 9.17) is 0 Å². The highest BCUT2D eigenvalue weighted by Gasteiger charge is 2.38. The molecule has 0 bridgehead atoms. The second-order valence-electron chi connectivity index (χ2n) is 4.73. The summed E-state index contributed by atoms with van der Waals surface area (Å²) in [5, 5.41) is 0. The second kappa shape index (κ2) is 4.33. The number of piperidine rings is 1. The van der Waals surface area contributed by atoms with Gasteiger partial charge in [-0.25, -0.2) is 0 Å². The molecule has 2 aliphatic rings. The monoisotopic (exact) mass is 209 g/mol. The molecule has 0 unspecified atom stereocenters. The molecule has 0 spiro atoms. The topological polar surface area (TPSA) is 37.4 Å². The van der Waals surface area contributed by atoms with Gasteiger partial charge in [0.25, 0.3) is 0 Å². The lowest BCUT2D eigenvalue weighted by Gasteiger charge is -2.43. The zero-order chi connectivity index (χ0) is 10.8. The van der Waals surface area contributed by atoms with Crippen LogP contribution in [0.5, 0.6) is 0 Å². The number of hydrogen-bond donors (Lipinski definition) is 0. The number of amides is 1. The summed E-state index contributed by atoms with van der Waals surface area (Å²) in [5.74, 6) is 1.14. The molecule has 0 N–H and O–H groups in total. The van der Waals surface area contributed by atoms with Crippen molar-refractivity contribution in [3.63, 3.8) is 0 Å². The van der Waals surface area contributed by atoms with Crippen LogP contribution in [-0.4, -0.2) is 29.2 Å². The SMILES string of the molecule is CCCN1C(=O)CC[C@@H]2CC(=O)CC[C@H]21. The van der Waals surface area contributed by atoms with Gasteiger partial charge in [-0.05, 0) is 25.2 Å². The first-order chi connectivity index (χ1) is 7.22. The van der Waals surface area contributed by atoms with E-state index in [1.54, 1.807) is 0 Å². The third kappa shape index (κ3) is 2.06. The van der Waals surface area contributed by atoms with Crippen molar-refractivity contribution in [2.24, 2.45) is 5.92 Å². The molecule has 3 heteroatoms. The molecule has 15 heavy (non-hydrogen) atoms. The van der Waals surface area contributed by atoms with Crippen LogP contribution in [0.4, 0.5) is 0 Å². The molecule has 2 rings (SSSR count). The van der Waals surface area contributed by atoms with E-state index in [1.165, 1.54) is 0 Å². The number of ketones is 1. The molecule has 3 nitrogen and oxygen atoms in total. The smallest absolute Gasteiger partial charge is 0.222 e. The van der Waals surface area contributed by atoms with Crippen molar-refractivity contribution in [2.75, 3.05) is 6.54 Å². The van der Waals surface area contributed by atoms with Gasteiger partial charge in [-0.2, -0.15) is 0 Å². The van der Waals surface area contributed by atoms with Gasteiger partial charge in [-0.15, -0.1) is 0 Å². The number of fused-ring (bicyclic) bond motifs is 1. The maximum absolute atomic E-state index is 11.8. The molecule has 0 aromatic rings. The molecular weight excluding hydrogens is 190 g/mol. The van der Waals surface area contributed by atoms with Crippen LogP contribution in [0.3, 0.4) is 0 Å². The summed E-state index contributed by atoms with van der Waals surface area (Å²) in [5.41, 5.74) is 0. The Kier molecular flexibility index (Phi) is 3.08. The number of rotatable bonds is 2. The van der Waals surface area contributed by atoms with Crippen LogP contribution in [0.1, 0.15) is 45.4 Å². The van der Waals surface area contributed by atoms with Crippen molar-refractivity contribution in [1.29, 1.82) is 0 Å². The van der Waals surface area contributed by atoms with Gasteiger partial charge in [0, 0.05) is 31.8 Å². The van der Waals surface area contributed by atoms with Crippen molar-refractivity contribution < 1.29 is 9.59 Å². The Morgan fingerprint density at radius 3 is 2.80 bits per heavy atom. The van der Waals surface area contributed by atoms with Crippen molar-refractivity contribution in [3.8, 4) is 0 Å². The van der Waals surface area contributed by atoms with Gasteiger partial charge in [0.15, 0.2) is 0 Å². The molecule has 1 heterocycles. The van der Waals surface area contributed by atoms with E-state index in [1.807, 2.05) is 4.90 Å². The lowest BCUT2D eigenvalue weighted by Crippen LogP contribution is -2.51. The summed E-state index contributed by atoms with van der Waals surface area (Å²) in [6.45, 7) is 2.97. The summed E-state index contributed by atoms with van der Waals surface area (Å²) < 4.78 is 0. The summed E-state index contributed by atoms with van der Waals surface area (Å²) in [7, 11) is 0. The average molecular weight is 209 g/mol. The maximum Gasteiger partial charge on any atom is 0.222 e. The Balaban J connectivity index is 2.08. The molecule has 1 aliphatic heterocycles. The van der Waals surface area contributed by atoms with Gasteiger partial charge in [-0.1, -0.05) is 6.92 Å². The molecule has 2 fully saturated rings. The zero-order valence-corrected chi connectivity index (χ0v) is 9.37.